The van der Waals surface area contributed by atoms with Crippen LogP contribution in [0.15, 0.2) is 53.0 Å². The third kappa shape index (κ3) is 4.08. The van der Waals surface area contributed by atoms with Crippen molar-refractivity contribution in [3.05, 3.63) is 64.1 Å². The summed E-state index contributed by atoms with van der Waals surface area (Å²) in [5.74, 6) is 0.898. The van der Waals surface area contributed by atoms with Crippen LogP contribution in [0, 0.1) is 0 Å². The first-order chi connectivity index (χ1) is 9.19. The Morgan fingerprint density at radius 1 is 1.16 bits per heavy atom. The van der Waals surface area contributed by atoms with E-state index in [4.69, 9.17) is 4.74 Å². The molecule has 0 saturated carbocycles. The molecule has 0 unspecified atom stereocenters. The minimum Gasteiger partial charge on any atom is -0.497 e. The Kier molecular flexibility index (Phi) is 5.00. The van der Waals surface area contributed by atoms with E-state index >= 15 is 0 Å². The van der Waals surface area contributed by atoms with Crippen LogP contribution in [0.4, 0.5) is 0 Å². The lowest BCUT2D eigenvalue weighted by Gasteiger charge is -2.15. The van der Waals surface area contributed by atoms with Gasteiger partial charge < -0.3 is 10.1 Å². The standard InChI is InChI=1S/C16H18BrNO/c1-12(14-4-3-5-16(10-14)19-2)18-11-13-6-8-15(17)9-7-13/h3-10,12,18H,11H2,1-2H3/t12-/m0/s1. The summed E-state index contributed by atoms with van der Waals surface area (Å²) in [6.07, 6.45) is 0. The van der Waals surface area contributed by atoms with E-state index in [9.17, 15) is 0 Å². The van der Waals surface area contributed by atoms with Crippen molar-refractivity contribution in [2.75, 3.05) is 7.11 Å². The zero-order chi connectivity index (χ0) is 13.7. The summed E-state index contributed by atoms with van der Waals surface area (Å²) in [6.45, 7) is 3.01. The fourth-order valence-electron chi connectivity index (χ4n) is 1.90. The lowest BCUT2D eigenvalue weighted by atomic mass is 10.1. The molecule has 0 spiro atoms. The van der Waals surface area contributed by atoms with Gasteiger partial charge in [-0.05, 0) is 42.3 Å². The van der Waals surface area contributed by atoms with E-state index in [1.165, 1.54) is 11.1 Å². The molecule has 0 bridgehead atoms. The molecule has 0 saturated heterocycles. The Morgan fingerprint density at radius 2 is 1.89 bits per heavy atom. The Hall–Kier alpha value is -1.32. The average Bonchev–Trinajstić information content (AvgIpc) is 2.46. The van der Waals surface area contributed by atoms with Crippen molar-refractivity contribution in [1.29, 1.82) is 0 Å². The SMILES string of the molecule is COc1cccc([C@H](C)NCc2ccc(Br)cc2)c1. The normalized spacial score (nSPS) is 12.2. The minimum atomic E-state index is 0.291. The molecule has 2 aromatic rings. The molecule has 0 fully saturated rings. The van der Waals surface area contributed by atoms with Gasteiger partial charge in [0.25, 0.3) is 0 Å². The van der Waals surface area contributed by atoms with Gasteiger partial charge in [0.15, 0.2) is 0 Å². The van der Waals surface area contributed by atoms with Crippen LogP contribution in [0.3, 0.4) is 0 Å². The molecule has 0 heterocycles. The van der Waals surface area contributed by atoms with Gasteiger partial charge in [0.1, 0.15) is 5.75 Å². The quantitative estimate of drug-likeness (QED) is 0.886. The highest BCUT2D eigenvalue weighted by molar-refractivity contribution is 9.10. The van der Waals surface area contributed by atoms with Gasteiger partial charge in [-0.3, -0.25) is 0 Å². The molecule has 100 valence electrons. The fraction of sp³-hybridized carbons (Fsp3) is 0.250. The molecule has 0 aliphatic heterocycles. The predicted octanol–water partition coefficient (Wildman–Crippen LogP) is 4.31. The molecule has 0 aliphatic rings. The topological polar surface area (TPSA) is 21.3 Å². The van der Waals surface area contributed by atoms with Crippen LogP contribution in [0.5, 0.6) is 5.75 Å². The zero-order valence-electron chi connectivity index (χ0n) is 11.2. The van der Waals surface area contributed by atoms with Gasteiger partial charge in [-0.2, -0.15) is 0 Å². The highest BCUT2D eigenvalue weighted by atomic mass is 79.9. The first kappa shape index (κ1) is 14.1. The second-order valence-corrected chi connectivity index (χ2v) is 5.42. The molecule has 19 heavy (non-hydrogen) atoms. The summed E-state index contributed by atoms with van der Waals surface area (Å²) in [5, 5.41) is 3.52. The Labute approximate surface area is 122 Å². The van der Waals surface area contributed by atoms with Crippen LogP contribution >= 0.6 is 15.9 Å². The molecule has 1 N–H and O–H groups in total. The van der Waals surface area contributed by atoms with Crippen molar-refractivity contribution < 1.29 is 4.74 Å². The number of halogens is 1. The van der Waals surface area contributed by atoms with Gasteiger partial charge in [-0.1, -0.05) is 40.2 Å². The number of benzene rings is 2. The lowest BCUT2D eigenvalue weighted by Crippen LogP contribution is -2.18. The highest BCUT2D eigenvalue weighted by Gasteiger charge is 2.05. The summed E-state index contributed by atoms with van der Waals surface area (Å²) in [5.41, 5.74) is 2.51. The van der Waals surface area contributed by atoms with Gasteiger partial charge in [0.05, 0.1) is 7.11 Å². The van der Waals surface area contributed by atoms with Crippen molar-refractivity contribution in [3.63, 3.8) is 0 Å². The van der Waals surface area contributed by atoms with E-state index in [0.29, 0.717) is 6.04 Å². The highest BCUT2D eigenvalue weighted by Crippen LogP contribution is 2.19. The molecule has 3 heteroatoms. The van der Waals surface area contributed by atoms with Crippen molar-refractivity contribution in [3.8, 4) is 5.75 Å². The monoisotopic (exact) mass is 319 g/mol. The van der Waals surface area contributed by atoms with E-state index in [1.54, 1.807) is 7.11 Å². The van der Waals surface area contributed by atoms with Crippen LogP contribution in [0.1, 0.15) is 24.1 Å². The van der Waals surface area contributed by atoms with E-state index in [0.717, 1.165) is 16.8 Å². The summed E-state index contributed by atoms with van der Waals surface area (Å²) in [4.78, 5) is 0. The van der Waals surface area contributed by atoms with Gasteiger partial charge in [-0.25, -0.2) is 0 Å². The number of hydrogen-bond donors (Lipinski definition) is 1. The largest absolute Gasteiger partial charge is 0.497 e. The Bertz CT molecular complexity index is 525. The van der Waals surface area contributed by atoms with Crippen LogP contribution in [-0.2, 0) is 6.54 Å². The Balaban J connectivity index is 1.96. The first-order valence-electron chi connectivity index (χ1n) is 6.31. The summed E-state index contributed by atoms with van der Waals surface area (Å²) < 4.78 is 6.36. The van der Waals surface area contributed by atoms with Crippen molar-refractivity contribution in [2.24, 2.45) is 0 Å². The molecule has 0 radical (unpaired) electrons. The smallest absolute Gasteiger partial charge is 0.119 e. The minimum absolute atomic E-state index is 0.291. The second kappa shape index (κ2) is 6.73. The third-order valence-corrected chi connectivity index (χ3v) is 3.65. The van der Waals surface area contributed by atoms with E-state index in [2.05, 4.69) is 64.6 Å². The maximum absolute atomic E-state index is 5.25. The number of methoxy groups -OCH3 is 1. The molecule has 2 nitrogen and oxygen atoms in total. The first-order valence-corrected chi connectivity index (χ1v) is 7.10. The Morgan fingerprint density at radius 3 is 2.58 bits per heavy atom. The van der Waals surface area contributed by atoms with Crippen molar-refractivity contribution >= 4 is 15.9 Å². The number of hydrogen-bond acceptors (Lipinski definition) is 2. The number of ether oxygens (including phenoxy) is 1. The maximum atomic E-state index is 5.25. The molecule has 0 amide bonds. The molecule has 1 atom stereocenters. The van der Waals surface area contributed by atoms with Crippen LogP contribution in [0.2, 0.25) is 0 Å². The van der Waals surface area contributed by atoms with Gasteiger partial charge in [0.2, 0.25) is 0 Å². The maximum Gasteiger partial charge on any atom is 0.119 e. The van der Waals surface area contributed by atoms with Gasteiger partial charge in [-0.15, -0.1) is 0 Å². The average molecular weight is 320 g/mol. The van der Waals surface area contributed by atoms with Gasteiger partial charge >= 0.3 is 0 Å². The summed E-state index contributed by atoms with van der Waals surface area (Å²) in [6, 6.07) is 16.8. The second-order valence-electron chi connectivity index (χ2n) is 4.51. The molecule has 0 aromatic heterocycles. The predicted molar refractivity (Wildman–Crippen MR) is 82.4 cm³/mol. The van der Waals surface area contributed by atoms with Crippen molar-refractivity contribution in [1.82, 2.24) is 5.32 Å². The molecule has 2 aromatic carbocycles. The van der Waals surface area contributed by atoms with E-state index < -0.39 is 0 Å². The van der Waals surface area contributed by atoms with Crippen LogP contribution in [-0.4, -0.2) is 7.11 Å². The summed E-state index contributed by atoms with van der Waals surface area (Å²) in [7, 11) is 1.69. The molecular formula is C16H18BrNO. The zero-order valence-corrected chi connectivity index (χ0v) is 12.8. The lowest BCUT2D eigenvalue weighted by molar-refractivity contribution is 0.413. The molecule has 2 rings (SSSR count). The van der Waals surface area contributed by atoms with Crippen LogP contribution < -0.4 is 10.1 Å². The van der Waals surface area contributed by atoms with E-state index in [1.807, 2.05) is 12.1 Å². The fourth-order valence-corrected chi connectivity index (χ4v) is 2.17. The molecule has 0 aliphatic carbocycles. The number of nitrogens with one attached hydrogen (secondary N) is 1. The summed E-state index contributed by atoms with van der Waals surface area (Å²) >= 11 is 3.44. The van der Waals surface area contributed by atoms with Crippen LogP contribution in [0.25, 0.3) is 0 Å². The molecular weight excluding hydrogens is 302 g/mol. The third-order valence-electron chi connectivity index (χ3n) is 3.12. The van der Waals surface area contributed by atoms with Crippen molar-refractivity contribution in [2.45, 2.75) is 19.5 Å². The number of rotatable bonds is 5. The van der Waals surface area contributed by atoms with E-state index in [-0.39, 0.29) is 0 Å². The van der Waals surface area contributed by atoms with Gasteiger partial charge in [0, 0.05) is 17.1 Å².